The summed E-state index contributed by atoms with van der Waals surface area (Å²) in [5, 5.41) is 5.46. The molecular formula is C14H21N3O3. The van der Waals surface area contributed by atoms with Crippen molar-refractivity contribution in [3.8, 4) is 0 Å². The summed E-state index contributed by atoms with van der Waals surface area (Å²) in [6.45, 7) is 0.787. The Hall–Kier alpha value is -1.82. The van der Waals surface area contributed by atoms with Crippen LogP contribution in [0, 0.1) is 5.92 Å². The Morgan fingerprint density at radius 2 is 2.10 bits per heavy atom. The van der Waals surface area contributed by atoms with Crippen LogP contribution in [-0.4, -0.2) is 30.9 Å². The van der Waals surface area contributed by atoms with Gasteiger partial charge in [-0.3, -0.25) is 9.59 Å². The van der Waals surface area contributed by atoms with Gasteiger partial charge >= 0.3 is 0 Å². The summed E-state index contributed by atoms with van der Waals surface area (Å²) < 4.78 is 4.96. The minimum absolute atomic E-state index is 0.000373. The summed E-state index contributed by atoms with van der Waals surface area (Å²) in [5.74, 6) is 0.294. The molecule has 2 rings (SSSR count). The molecule has 6 nitrogen and oxygen atoms in total. The number of rotatable bonds is 6. The van der Waals surface area contributed by atoms with E-state index in [0.717, 1.165) is 19.3 Å². The fraction of sp³-hybridized carbons (Fsp3) is 0.571. The van der Waals surface area contributed by atoms with E-state index in [-0.39, 0.29) is 23.6 Å². The third-order valence-electron chi connectivity index (χ3n) is 3.64. The number of carbonyl (C=O) groups excluding carboxylic acids is 2. The number of nitrogens with two attached hydrogens (primary N) is 1. The maximum atomic E-state index is 11.7. The molecule has 0 unspecified atom stereocenters. The molecule has 1 aliphatic carbocycles. The normalized spacial score (nSPS) is 21.6. The van der Waals surface area contributed by atoms with E-state index in [1.807, 2.05) is 0 Å². The fourth-order valence-electron chi connectivity index (χ4n) is 2.50. The number of hydrogen-bond donors (Lipinski definition) is 3. The van der Waals surface area contributed by atoms with E-state index in [4.69, 9.17) is 10.2 Å². The lowest BCUT2D eigenvalue weighted by Crippen LogP contribution is -2.36. The highest BCUT2D eigenvalue weighted by Crippen LogP contribution is 2.26. The molecule has 0 aromatic carbocycles. The van der Waals surface area contributed by atoms with Gasteiger partial charge in [-0.15, -0.1) is 0 Å². The number of nitrogens with one attached hydrogen (secondary N) is 2. The highest BCUT2D eigenvalue weighted by atomic mass is 16.3. The van der Waals surface area contributed by atoms with E-state index in [0.29, 0.717) is 25.4 Å². The van der Waals surface area contributed by atoms with Crippen molar-refractivity contribution >= 4 is 11.8 Å². The van der Waals surface area contributed by atoms with Gasteiger partial charge in [0, 0.05) is 25.6 Å². The van der Waals surface area contributed by atoms with Gasteiger partial charge in [0.2, 0.25) is 5.91 Å². The Kier molecular flexibility index (Phi) is 5.17. The van der Waals surface area contributed by atoms with Gasteiger partial charge in [-0.1, -0.05) is 6.42 Å². The lowest BCUT2D eigenvalue weighted by Gasteiger charge is -2.14. The van der Waals surface area contributed by atoms with Crippen LogP contribution in [0.4, 0.5) is 0 Å². The first kappa shape index (κ1) is 14.6. The van der Waals surface area contributed by atoms with Gasteiger partial charge in [0.25, 0.3) is 5.91 Å². The van der Waals surface area contributed by atoms with Crippen molar-refractivity contribution in [2.75, 3.05) is 13.1 Å². The summed E-state index contributed by atoms with van der Waals surface area (Å²) in [6, 6.07) is 3.40. The zero-order valence-corrected chi connectivity index (χ0v) is 11.4. The van der Waals surface area contributed by atoms with Gasteiger partial charge in [-0.05, 0) is 30.9 Å². The molecular weight excluding hydrogens is 258 g/mol. The molecule has 1 aromatic rings. The number of amides is 2. The minimum Gasteiger partial charge on any atom is -0.459 e. The topological polar surface area (TPSA) is 97.4 Å². The summed E-state index contributed by atoms with van der Waals surface area (Å²) >= 11 is 0. The second-order valence-electron chi connectivity index (χ2n) is 5.14. The van der Waals surface area contributed by atoms with Gasteiger partial charge in [-0.25, -0.2) is 0 Å². The molecule has 0 bridgehead atoms. The van der Waals surface area contributed by atoms with Crippen LogP contribution in [-0.2, 0) is 4.79 Å². The average molecular weight is 279 g/mol. The zero-order chi connectivity index (χ0) is 14.4. The number of hydrogen-bond acceptors (Lipinski definition) is 4. The van der Waals surface area contributed by atoms with Crippen LogP contribution in [0.2, 0.25) is 0 Å². The van der Waals surface area contributed by atoms with Gasteiger partial charge in [0.1, 0.15) is 0 Å². The van der Waals surface area contributed by atoms with E-state index in [1.165, 1.54) is 6.26 Å². The van der Waals surface area contributed by atoms with Crippen LogP contribution >= 0.6 is 0 Å². The minimum atomic E-state index is -0.276. The Labute approximate surface area is 118 Å². The van der Waals surface area contributed by atoms with Crippen molar-refractivity contribution in [3.63, 3.8) is 0 Å². The predicted octanol–water partition coefficient (Wildman–Crippen LogP) is 0.643. The number of carbonyl (C=O) groups is 2. The molecule has 0 saturated heterocycles. The Morgan fingerprint density at radius 1 is 1.30 bits per heavy atom. The molecule has 2 amide bonds. The van der Waals surface area contributed by atoms with Crippen LogP contribution < -0.4 is 16.4 Å². The first-order chi connectivity index (χ1) is 9.66. The molecule has 6 heteroatoms. The lowest BCUT2D eigenvalue weighted by atomic mass is 10.00. The summed E-state index contributed by atoms with van der Waals surface area (Å²) in [4.78, 5) is 23.3. The monoisotopic (exact) mass is 279 g/mol. The van der Waals surface area contributed by atoms with Crippen LogP contribution in [0.25, 0.3) is 0 Å². The van der Waals surface area contributed by atoms with Crippen LogP contribution in [0.15, 0.2) is 22.8 Å². The Balaban J connectivity index is 1.59. The highest BCUT2D eigenvalue weighted by molar-refractivity contribution is 5.91. The molecule has 20 heavy (non-hydrogen) atoms. The first-order valence-electron chi connectivity index (χ1n) is 7.01. The van der Waals surface area contributed by atoms with Crippen LogP contribution in [0.3, 0.4) is 0 Å². The highest BCUT2D eigenvalue weighted by Gasteiger charge is 2.25. The van der Waals surface area contributed by atoms with Crippen molar-refractivity contribution in [1.82, 2.24) is 10.6 Å². The van der Waals surface area contributed by atoms with Gasteiger partial charge in [0.15, 0.2) is 5.76 Å². The first-order valence-corrected chi connectivity index (χ1v) is 7.01. The van der Waals surface area contributed by atoms with Gasteiger partial charge < -0.3 is 20.8 Å². The quantitative estimate of drug-likeness (QED) is 0.666. The Morgan fingerprint density at radius 3 is 2.75 bits per heavy atom. The van der Waals surface area contributed by atoms with Crippen molar-refractivity contribution in [1.29, 1.82) is 0 Å². The molecule has 1 saturated carbocycles. The van der Waals surface area contributed by atoms with Crippen molar-refractivity contribution < 1.29 is 14.0 Å². The molecule has 1 fully saturated rings. The summed E-state index contributed by atoms with van der Waals surface area (Å²) in [5.41, 5.74) is 5.93. The molecule has 1 aromatic heterocycles. The summed E-state index contributed by atoms with van der Waals surface area (Å²) in [7, 11) is 0. The molecule has 4 N–H and O–H groups in total. The SMILES string of the molecule is N[C@@H]1CCC[C@H]1CC(=O)NCCNC(=O)c1ccco1. The fourth-order valence-corrected chi connectivity index (χ4v) is 2.50. The molecule has 1 aliphatic rings. The molecule has 110 valence electrons. The lowest BCUT2D eigenvalue weighted by molar-refractivity contribution is -0.122. The zero-order valence-electron chi connectivity index (χ0n) is 11.4. The van der Waals surface area contributed by atoms with E-state index in [1.54, 1.807) is 12.1 Å². The van der Waals surface area contributed by atoms with E-state index in [2.05, 4.69) is 10.6 Å². The molecule has 0 spiro atoms. The maximum absolute atomic E-state index is 11.7. The smallest absolute Gasteiger partial charge is 0.287 e. The second-order valence-corrected chi connectivity index (χ2v) is 5.14. The van der Waals surface area contributed by atoms with Crippen LogP contribution in [0.1, 0.15) is 36.2 Å². The Bertz CT molecular complexity index is 445. The van der Waals surface area contributed by atoms with E-state index in [9.17, 15) is 9.59 Å². The van der Waals surface area contributed by atoms with Crippen molar-refractivity contribution in [3.05, 3.63) is 24.2 Å². The summed E-state index contributed by atoms with van der Waals surface area (Å²) in [6.07, 6.45) is 5.08. The standard InChI is InChI=1S/C14H21N3O3/c15-11-4-1-3-10(11)9-13(18)16-6-7-17-14(19)12-5-2-8-20-12/h2,5,8,10-11H,1,3-4,6-7,9,15H2,(H,16,18)(H,17,19)/t10-,11+/m0/s1. The van der Waals surface area contributed by atoms with Crippen LogP contribution in [0.5, 0.6) is 0 Å². The number of furan rings is 1. The maximum Gasteiger partial charge on any atom is 0.287 e. The molecule has 1 heterocycles. The third kappa shape index (κ3) is 4.09. The van der Waals surface area contributed by atoms with E-state index >= 15 is 0 Å². The van der Waals surface area contributed by atoms with Crippen molar-refractivity contribution in [2.24, 2.45) is 11.7 Å². The third-order valence-corrected chi connectivity index (χ3v) is 3.64. The van der Waals surface area contributed by atoms with Gasteiger partial charge in [0.05, 0.1) is 6.26 Å². The molecule has 2 atom stereocenters. The second kappa shape index (κ2) is 7.09. The van der Waals surface area contributed by atoms with Crippen molar-refractivity contribution in [2.45, 2.75) is 31.7 Å². The van der Waals surface area contributed by atoms with E-state index < -0.39 is 0 Å². The predicted molar refractivity (Wildman–Crippen MR) is 74.0 cm³/mol. The molecule has 0 radical (unpaired) electrons. The molecule has 0 aliphatic heterocycles. The average Bonchev–Trinajstić information content (AvgIpc) is 3.07. The van der Waals surface area contributed by atoms with Gasteiger partial charge in [-0.2, -0.15) is 0 Å². The largest absolute Gasteiger partial charge is 0.459 e.